The quantitative estimate of drug-likeness (QED) is 0.485. The minimum atomic E-state index is -0.472. The number of hydrogen-bond acceptors (Lipinski definition) is 4. The van der Waals surface area contributed by atoms with Crippen LogP contribution in [0, 0.1) is 29.6 Å². The molecule has 5 heteroatoms. The summed E-state index contributed by atoms with van der Waals surface area (Å²) < 4.78 is 17.8. The average molecular weight is 448 g/mol. The Labute approximate surface area is 195 Å². The van der Waals surface area contributed by atoms with Gasteiger partial charge in [0.2, 0.25) is 0 Å². The first-order valence-corrected chi connectivity index (χ1v) is 13.1. The minimum Gasteiger partial charge on any atom is -0.444 e. The van der Waals surface area contributed by atoms with Gasteiger partial charge in [-0.25, -0.2) is 4.79 Å². The third kappa shape index (κ3) is 4.89. The summed E-state index contributed by atoms with van der Waals surface area (Å²) >= 11 is 0. The maximum atomic E-state index is 13.1. The van der Waals surface area contributed by atoms with Crippen molar-refractivity contribution in [1.82, 2.24) is 4.90 Å². The van der Waals surface area contributed by atoms with Gasteiger partial charge >= 0.3 is 6.09 Å². The van der Waals surface area contributed by atoms with Crippen molar-refractivity contribution >= 4 is 6.09 Å². The first-order valence-electron chi connectivity index (χ1n) is 13.1. The molecule has 0 N–H and O–H groups in total. The molecule has 2 saturated carbocycles. The van der Waals surface area contributed by atoms with Crippen LogP contribution in [0.2, 0.25) is 0 Å². The molecule has 4 aliphatic rings. The molecule has 0 bridgehead atoms. The molecule has 32 heavy (non-hydrogen) atoms. The topological polar surface area (TPSA) is 48.0 Å². The van der Waals surface area contributed by atoms with Crippen LogP contribution in [0.15, 0.2) is 12.2 Å². The van der Waals surface area contributed by atoms with E-state index in [0.717, 1.165) is 31.1 Å². The first kappa shape index (κ1) is 24.1. The van der Waals surface area contributed by atoms with Gasteiger partial charge in [0.05, 0.1) is 12.1 Å². The number of carbonyl (C=O) groups is 1. The average Bonchev–Trinajstić information content (AvgIpc) is 3.05. The van der Waals surface area contributed by atoms with Crippen LogP contribution < -0.4 is 0 Å². The predicted octanol–water partition coefficient (Wildman–Crippen LogP) is 6.17. The normalized spacial score (nSPS) is 42.6. The van der Waals surface area contributed by atoms with Gasteiger partial charge in [-0.05, 0) is 90.4 Å². The highest BCUT2D eigenvalue weighted by molar-refractivity contribution is 5.69. The molecule has 2 aliphatic carbocycles. The summed E-state index contributed by atoms with van der Waals surface area (Å²) in [5, 5.41) is 0. The number of nitrogens with zero attached hydrogens (tertiary/aromatic N) is 1. The van der Waals surface area contributed by atoms with E-state index in [0.29, 0.717) is 17.8 Å². The number of carbonyl (C=O) groups excluding carboxylic acids is 1. The largest absolute Gasteiger partial charge is 0.444 e. The minimum absolute atomic E-state index is 0.0678. The highest BCUT2D eigenvalue weighted by Gasteiger charge is 2.53. The smallest absolute Gasteiger partial charge is 0.411 e. The number of allylic oxidation sites excluding steroid dienone is 1. The van der Waals surface area contributed by atoms with E-state index in [2.05, 4.69) is 26.0 Å². The van der Waals surface area contributed by atoms with Crippen molar-refractivity contribution < 1.29 is 19.0 Å². The van der Waals surface area contributed by atoms with E-state index in [1.54, 1.807) is 7.11 Å². The molecule has 5 nitrogen and oxygen atoms in total. The van der Waals surface area contributed by atoms with Crippen LogP contribution in [-0.4, -0.2) is 48.2 Å². The summed E-state index contributed by atoms with van der Waals surface area (Å²) in [5.74, 6) is 3.01. The van der Waals surface area contributed by atoms with Crippen LogP contribution in [0.1, 0.15) is 86.0 Å². The summed E-state index contributed by atoms with van der Waals surface area (Å²) in [4.78, 5) is 15.1. The van der Waals surface area contributed by atoms with Gasteiger partial charge in [0.1, 0.15) is 5.60 Å². The van der Waals surface area contributed by atoms with Crippen molar-refractivity contribution in [2.45, 2.75) is 116 Å². The lowest BCUT2D eigenvalue weighted by molar-refractivity contribution is -0.132. The molecule has 2 aliphatic heterocycles. The summed E-state index contributed by atoms with van der Waals surface area (Å²) in [6.45, 7) is 10.2. The monoisotopic (exact) mass is 447 g/mol. The van der Waals surface area contributed by atoms with Gasteiger partial charge in [-0.3, -0.25) is 4.90 Å². The molecule has 0 spiro atoms. The summed E-state index contributed by atoms with van der Waals surface area (Å²) in [7, 11) is 1.79. The Morgan fingerprint density at radius 2 is 1.75 bits per heavy atom. The van der Waals surface area contributed by atoms with E-state index in [4.69, 9.17) is 14.2 Å². The van der Waals surface area contributed by atoms with Gasteiger partial charge in [-0.2, -0.15) is 0 Å². The zero-order valence-electron chi connectivity index (χ0n) is 21.1. The number of fused-ring (bicyclic) bond motifs is 2. The number of piperidine rings is 1. The van der Waals surface area contributed by atoms with Gasteiger partial charge in [-0.1, -0.05) is 31.4 Å². The van der Waals surface area contributed by atoms with Gasteiger partial charge < -0.3 is 14.2 Å². The third-order valence-corrected chi connectivity index (χ3v) is 8.56. The molecule has 0 aromatic heterocycles. The molecule has 0 unspecified atom stereocenters. The molecule has 2 saturated heterocycles. The molecule has 2 heterocycles. The number of methoxy groups -OCH3 is 1. The predicted molar refractivity (Wildman–Crippen MR) is 126 cm³/mol. The second-order valence-corrected chi connectivity index (χ2v) is 11.8. The van der Waals surface area contributed by atoms with Crippen molar-refractivity contribution in [3.63, 3.8) is 0 Å². The highest BCUT2D eigenvalue weighted by atomic mass is 16.7. The van der Waals surface area contributed by atoms with E-state index in [-0.39, 0.29) is 30.6 Å². The van der Waals surface area contributed by atoms with Crippen molar-refractivity contribution in [2.24, 2.45) is 29.6 Å². The van der Waals surface area contributed by atoms with E-state index in [1.807, 2.05) is 25.7 Å². The van der Waals surface area contributed by atoms with Crippen LogP contribution in [0.3, 0.4) is 0 Å². The van der Waals surface area contributed by atoms with Crippen LogP contribution in [0.4, 0.5) is 4.79 Å². The number of ether oxygens (including phenoxy) is 3. The van der Waals surface area contributed by atoms with E-state index in [9.17, 15) is 4.79 Å². The molecule has 0 aromatic carbocycles. The van der Waals surface area contributed by atoms with Gasteiger partial charge in [0, 0.05) is 19.1 Å². The highest BCUT2D eigenvalue weighted by Crippen LogP contribution is 2.55. The van der Waals surface area contributed by atoms with Crippen LogP contribution in [-0.2, 0) is 14.2 Å². The molecule has 182 valence electrons. The Bertz CT molecular complexity index is 686. The Hall–Kier alpha value is -1.07. The van der Waals surface area contributed by atoms with Gasteiger partial charge in [0.25, 0.3) is 0 Å². The fourth-order valence-corrected chi connectivity index (χ4v) is 7.27. The van der Waals surface area contributed by atoms with Crippen LogP contribution in [0.25, 0.3) is 0 Å². The summed E-state index contributed by atoms with van der Waals surface area (Å²) in [6.07, 6.45) is 14.6. The first-order chi connectivity index (χ1) is 15.2. The van der Waals surface area contributed by atoms with Gasteiger partial charge in [-0.15, -0.1) is 0 Å². The number of amides is 1. The van der Waals surface area contributed by atoms with E-state index in [1.165, 1.54) is 32.1 Å². The maximum absolute atomic E-state index is 13.1. The molecule has 1 amide bonds. The lowest BCUT2D eigenvalue weighted by Crippen LogP contribution is -2.50. The molecule has 0 aromatic rings. The zero-order valence-corrected chi connectivity index (χ0v) is 21.1. The lowest BCUT2D eigenvalue weighted by Gasteiger charge is -2.47. The molecular weight excluding hydrogens is 402 g/mol. The lowest BCUT2D eigenvalue weighted by atomic mass is 9.57. The van der Waals surface area contributed by atoms with E-state index < -0.39 is 5.60 Å². The standard InChI is InChI=1S/C27H45NO4/c1-17-10-9-12-20(28(17)26(29)32-27(3,4)5)14-15-22-21-13-8-7-11-19(21)16-23-24(22)18(2)31-25(23)30-6/h14-15,17-25H,7-13,16H2,1-6H3/b15-14+/t17-,18-,19+,20-,21-,22+,23-,24+,25-/m0/s1. The van der Waals surface area contributed by atoms with Crippen molar-refractivity contribution in [3.8, 4) is 0 Å². The Balaban J connectivity index is 1.57. The Morgan fingerprint density at radius 1 is 1.00 bits per heavy atom. The Morgan fingerprint density at radius 3 is 2.47 bits per heavy atom. The van der Waals surface area contributed by atoms with Crippen molar-refractivity contribution in [3.05, 3.63) is 12.2 Å². The molecular formula is C27H45NO4. The fraction of sp³-hybridized carbons (Fsp3) is 0.889. The van der Waals surface area contributed by atoms with Gasteiger partial charge in [0.15, 0.2) is 6.29 Å². The van der Waals surface area contributed by atoms with Crippen LogP contribution >= 0.6 is 0 Å². The SMILES string of the molecule is CO[C@H]1O[C@@H](C)[C@@H]2[C@H](/C=C/[C@@H]3CCC[C@H](C)N3C(=O)OC(C)(C)C)[C@H]3CCCC[C@@H]3C[C@H]12. The third-order valence-electron chi connectivity index (χ3n) is 8.56. The van der Waals surface area contributed by atoms with E-state index >= 15 is 0 Å². The second-order valence-electron chi connectivity index (χ2n) is 11.8. The van der Waals surface area contributed by atoms with Crippen LogP contribution in [0.5, 0.6) is 0 Å². The Kier molecular flexibility index (Phi) is 7.26. The number of rotatable bonds is 3. The zero-order chi connectivity index (χ0) is 23.0. The van der Waals surface area contributed by atoms with Crippen molar-refractivity contribution in [2.75, 3.05) is 7.11 Å². The molecule has 9 atom stereocenters. The summed E-state index contributed by atoms with van der Waals surface area (Å²) in [5.41, 5.74) is -0.472. The maximum Gasteiger partial charge on any atom is 0.411 e. The molecule has 0 radical (unpaired) electrons. The fourth-order valence-electron chi connectivity index (χ4n) is 7.27. The number of likely N-dealkylation sites (tertiary alicyclic amines) is 1. The van der Waals surface area contributed by atoms with Crippen molar-refractivity contribution in [1.29, 1.82) is 0 Å². The summed E-state index contributed by atoms with van der Waals surface area (Å²) in [6, 6.07) is 0.327. The molecule has 4 rings (SSSR count). The second kappa shape index (κ2) is 9.66. The molecule has 4 fully saturated rings. The number of hydrogen-bond donors (Lipinski definition) is 0.